The maximum Gasteiger partial charge on any atom is 0.416 e. The second-order valence-electron chi connectivity index (χ2n) is 3.10. The molecule has 90 valence electrons. The monoisotopic (exact) mass is 244 g/mol. The molecule has 0 unspecified atom stereocenters. The molecule has 0 aliphatic carbocycles. The van der Waals surface area contributed by atoms with Crippen LogP contribution in [0.15, 0.2) is 18.2 Å². The second kappa shape index (κ2) is 4.78. The molecule has 6 heteroatoms. The van der Waals surface area contributed by atoms with Crippen molar-refractivity contribution in [2.45, 2.75) is 12.6 Å². The number of phenolic OH excluding ortho intramolecular Hbond substituents is 1. The lowest BCUT2D eigenvalue weighted by atomic mass is 10.1. The Kier molecular flexibility index (Phi) is 3.63. The molecule has 17 heavy (non-hydrogen) atoms. The molecule has 0 aromatic heterocycles. The van der Waals surface area contributed by atoms with Crippen molar-refractivity contribution in [1.82, 2.24) is 0 Å². The van der Waals surface area contributed by atoms with Crippen LogP contribution in [-0.4, -0.2) is 16.2 Å². The first-order valence-electron chi connectivity index (χ1n) is 4.41. The number of carboxylic acids is 1. The first kappa shape index (κ1) is 12.9. The molecule has 0 fully saturated rings. The van der Waals surface area contributed by atoms with Crippen molar-refractivity contribution in [3.63, 3.8) is 0 Å². The van der Waals surface area contributed by atoms with Crippen LogP contribution in [0.25, 0.3) is 0 Å². The van der Waals surface area contributed by atoms with E-state index < -0.39 is 29.9 Å². The van der Waals surface area contributed by atoms with E-state index in [9.17, 15) is 23.1 Å². The molecule has 0 amide bonds. The van der Waals surface area contributed by atoms with E-state index in [1.165, 1.54) is 0 Å². The average molecular weight is 244 g/mol. The van der Waals surface area contributed by atoms with E-state index in [0.29, 0.717) is 6.07 Å². The van der Waals surface area contributed by atoms with Gasteiger partial charge in [-0.2, -0.15) is 13.2 Å². The number of aliphatic carboxylic acids is 1. The SMILES string of the molecule is O=C(O)CC#Cc1cc(C(F)(F)F)ccc1O. The van der Waals surface area contributed by atoms with Crippen molar-refractivity contribution in [2.24, 2.45) is 0 Å². The maximum absolute atomic E-state index is 12.3. The van der Waals surface area contributed by atoms with Gasteiger partial charge in [0.2, 0.25) is 0 Å². The molecule has 0 atom stereocenters. The van der Waals surface area contributed by atoms with E-state index in [1.54, 1.807) is 0 Å². The normalized spacial score (nSPS) is 10.5. The number of hydrogen-bond donors (Lipinski definition) is 2. The van der Waals surface area contributed by atoms with Crippen LogP contribution in [-0.2, 0) is 11.0 Å². The summed E-state index contributed by atoms with van der Waals surface area (Å²) in [6, 6.07) is 2.26. The van der Waals surface area contributed by atoms with Gasteiger partial charge in [0, 0.05) is 0 Å². The van der Waals surface area contributed by atoms with Gasteiger partial charge < -0.3 is 10.2 Å². The number of phenols is 1. The third-order valence-electron chi connectivity index (χ3n) is 1.79. The van der Waals surface area contributed by atoms with Crippen LogP contribution < -0.4 is 0 Å². The minimum Gasteiger partial charge on any atom is -0.507 e. The zero-order chi connectivity index (χ0) is 13.1. The molecule has 1 rings (SSSR count). The summed E-state index contributed by atoms with van der Waals surface area (Å²) in [6.07, 6.45) is -5.04. The summed E-state index contributed by atoms with van der Waals surface area (Å²) in [7, 11) is 0. The molecular formula is C11H7F3O3. The predicted molar refractivity (Wildman–Crippen MR) is 52.2 cm³/mol. The van der Waals surface area contributed by atoms with Crippen molar-refractivity contribution < 1.29 is 28.2 Å². The molecule has 0 spiro atoms. The van der Waals surface area contributed by atoms with Crippen LogP contribution >= 0.6 is 0 Å². The number of aromatic hydroxyl groups is 1. The number of hydrogen-bond acceptors (Lipinski definition) is 2. The summed E-state index contributed by atoms with van der Waals surface area (Å²) in [5.41, 5.74) is -1.20. The smallest absolute Gasteiger partial charge is 0.416 e. The van der Waals surface area contributed by atoms with Crippen molar-refractivity contribution in [3.05, 3.63) is 29.3 Å². The third-order valence-corrected chi connectivity index (χ3v) is 1.79. The molecule has 0 bridgehead atoms. The minimum absolute atomic E-state index is 0.249. The van der Waals surface area contributed by atoms with Gasteiger partial charge in [-0.05, 0) is 18.2 Å². The van der Waals surface area contributed by atoms with Crippen LogP contribution in [0.5, 0.6) is 5.75 Å². The quantitative estimate of drug-likeness (QED) is 0.745. The van der Waals surface area contributed by atoms with Gasteiger partial charge in [-0.15, -0.1) is 0 Å². The highest BCUT2D eigenvalue weighted by molar-refractivity contribution is 5.70. The van der Waals surface area contributed by atoms with Gasteiger partial charge >= 0.3 is 12.1 Å². The Morgan fingerprint density at radius 2 is 2.00 bits per heavy atom. The first-order chi connectivity index (χ1) is 7.80. The molecule has 0 aliphatic rings. The summed E-state index contributed by atoms with van der Waals surface area (Å²) >= 11 is 0. The Morgan fingerprint density at radius 3 is 2.53 bits per heavy atom. The highest BCUT2D eigenvalue weighted by Gasteiger charge is 2.30. The van der Waals surface area contributed by atoms with Crippen LogP contribution in [0.2, 0.25) is 0 Å². The largest absolute Gasteiger partial charge is 0.507 e. The Labute approximate surface area is 94.5 Å². The topological polar surface area (TPSA) is 57.5 Å². The molecule has 0 saturated heterocycles. The predicted octanol–water partition coefficient (Wildman–Crippen LogP) is 2.24. The molecule has 1 aromatic rings. The number of carbonyl (C=O) groups is 1. The molecular weight excluding hydrogens is 237 g/mol. The second-order valence-corrected chi connectivity index (χ2v) is 3.10. The lowest BCUT2D eigenvalue weighted by molar-refractivity contribution is -0.138. The zero-order valence-corrected chi connectivity index (χ0v) is 8.38. The number of carboxylic acid groups (broad SMARTS) is 1. The average Bonchev–Trinajstić information content (AvgIpc) is 2.18. The maximum atomic E-state index is 12.3. The molecule has 0 radical (unpaired) electrons. The zero-order valence-electron chi connectivity index (χ0n) is 8.38. The first-order valence-corrected chi connectivity index (χ1v) is 4.41. The Bertz CT molecular complexity index is 495. The van der Waals surface area contributed by atoms with Gasteiger partial charge in [0.1, 0.15) is 12.2 Å². The van der Waals surface area contributed by atoms with Crippen molar-refractivity contribution in [2.75, 3.05) is 0 Å². The van der Waals surface area contributed by atoms with Crippen LogP contribution in [0, 0.1) is 11.8 Å². The van der Waals surface area contributed by atoms with Crippen molar-refractivity contribution in [1.29, 1.82) is 0 Å². The number of halogens is 3. The molecule has 0 heterocycles. The van der Waals surface area contributed by atoms with E-state index in [4.69, 9.17) is 5.11 Å². The van der Waals surface area contributed by atoms with Gasteiger partial charge in [0.25, 0.3) is 0 Å². The van der Waals surface area contributed by atoms with Crippen molar-refractivity contribution >= 4 is 5.97 Å². The van der Waals surface area contributed by atoms with E-state index in [-0.39, 0.29) is 5.56 Å². The van der Waals surface area contributed by atoms with Crippen molar-refractivity contribution in [3.8, 4) is 17.6 Å². The van der Waals surface area contributed by atoms with Gasteiger partial charge in [0.05, 0.1) is 11.1 Å². The lowest BCUT2D eigenvalue weighted by Gasteiger charge is -2.07. The van der Waals surface area contributed by atoms with Gasteiger partial charge in [-0.1, -0.05) is 11.8 Å². The molecule has 1 aromatic carbocycles. The van der Waals surface area contributed by atoms with E-state index >= 15 is 0 Å². The Balaban J connectivity index is 3.06. The summed E-state index contributed by atoms with van der Waals surface area (Å²) in [5.74, 6) is 2.71. The van der Waals surface area contributed by atoms with E-state index in [1.807, 2.05) is 0 Å². The number of rotatable bonds is 1. The van der Waals surface area contributed by atoms with E-state index in [2.05, 4.69) is 11.8 Å². The summed E-state index contributed by atoms with van der Waals surface area (Å²) in [4.78, 5) is 10.2. The fourth-order valence-electron chi connectivity index (χ4n) is 1.03. The Hall–Kier alpha value is -2.16. The van der Waals surface area contributed by atoms with Gasteiger partial charge in [-0.25, -0.2) is 0 Å². The van der Waals surface area contributed by atoms with Crippen LogP contribution in [0.4, 0.5) is 13.2 Å². The van der Waals surface area contributed by atoms with Gasteiger partial charge in [0.15, 0.2) is 0 Å². The summed E-state index contributed by atoms with van der Waals surface area (Å²) < 4.78 is 37.0. The van der Waals surface area contributed by atoms with Gasteiger partial charge in [-0.3, -0.25) is 4.79 Å². The summed E-state index contributed by atoms with van der Waals surface area (Å²) in [5, 5.41) is 17.5. The third kappa shape index (κ3) is 3.72. The minimum atomic E-state index is -4.53. The molecule has 0 aliphatic heterocycles. The summed E-state index contributed by atoms with van der Waals surface area (Å²) in [6.45, 7) is 0. The van der Waals surface area contributed by atoms with Crippen LogP contribution in [0.1, 0.15) is 17.5 Å². The number of alkyl halides is 3. The standard InChI is InChI=1S/C11H7F3O3/c12-11(13,14)8-4-5-9(15)7(6-8)2-1-3-10(16)17/h4-6,15H,3H2,(H,16,17). The molecule has 2 N–H and O–H groups in total. The molecule has 3 nitrogen and oxygen atoms in total. The fraction of sp³-hybridized carbons (Fsp3) is 0.182. The highest BCUT2D eigenvalue weighted by atomic mass is 19.4. The number of benzene rings is 1. The fourth-order valence-corrected chi connectivity index (χ4v) is 1.03. The lowest BCUT2D eigenvalue weighted by Crippen LogP contribution is -2.04. The highest BCUT2D eigenvalue weighted by Crippen LogP contribution is 2.31. The van der Waals surface area contributed by atoms with Crippen LogP contribution in [0.3, 0.4) is 0 Å². The van der Waals surface area contributed by atoms with E-state index in [0.717, 1.165) is 12.1 Å². The Morgan fingerprint density at radius 1 is 1.35 bits per heavy atom. The molecule has 0 saturated carbocycles.